The third-order valence-corrected chi connectivity index (χ3v) is 3.44. The van der Waals surface area contributed by atoms with Crippen LogP contribution in [0.15, 0.2) is 18.2 Å². The average molecular weight is 264 g/mol. The monoisotopic (exact) mass is 264 g/mol. The van der Waals surface area contributed by atoms with E-state index in [9.17, 15) is 15.0 Å². The van der Waals surface area contributed by atoms with Crippen LogP contribution in [0.3, 0.4) is 0 Å². The van der Waals surface area contributed by atoms with E-state index in [0.717, 1.165) is 26.1 Å². The zero-order valence-electron chi connectivity index (χ0n) is 11.2. The molecule has 1 aromatic carbocycles. The molecular formula is C14H20N2O3. The molecule has 0 saturated carbocycles. The second-order valence-corrected chi connectivity index (χ2v) is 4.81. The zero-order valence-corrected chi connectivity index (χ0v) is 11.2. The number of amides is 1. The van der Waals surface area contributed by atoms with Crippen molar-refractivity contribution in [3.05, 3.63) is 23.8 Å². The predicted octanol–water partition coefficient (Wildman–Crippen LogP) is 1.27. The summed E-state index contributed by atoms with van der Waals surface area (Å²) < 4.78 is 0. The van der Waals surface area contributed by atoms with Gasteiger partial charge in [-0.3, -0.25) is 9.69 Å². The van der Waals surface area contributed by atoms with Gasteiger partial charge < -0.3 is 15.1 Å². The Morgan fingerprint density at radius 1 is 1.21 bits per heavy atom. The van der Waals surface area contributed by atoms with E-state index in [0.29, 0.717) is 13.1 Å². The molecule has 0 radical (unpaired) electrons. The fourth-order valence-electron chi connectivity index (χ4n) is 2.37. The van der Waals surface area contributed by atoms with Crippen molar-refractivity contribution in [2.75, 3.05) is 32.7 Å². The van der Waals surface area contributed by atoms with Crippen LogP contribution >= 0.6 is 0 Å². The van der Waals surface area contributed by atoms with Crippen LogP contribution in [0.4, 0.5) is 0 Å². The van der Waals surface area contributed by atoms with E-state index in [1.807, 2.05) is 0 Å². The highest BCUT2D eigenvalue weighted by molar-refractivity contribution is 5.97. The largest absolute Gasteiger partial charge is 0.504 e. The average Bonchev–Trinajstić information content (AvgIpc) is 2.42. The molecule has 2 rings (SSSR count). The summed E-state index contributed by atoms with van der Waals surface area (Å²) in [7, 11) is 0. The number of carbonyl (C=O) groups excluding carboxylic acids is 1. The number of piperazine rings is 1. The Morgan fingerprint density at radius 2 is 1.89 bits per heavy atom. The van der Waals surface area contributed by atoms with Crippen LogP contribution in [0.5, 0.6) is 11.5 Å². The lowest BCUT2D eigenvalue weighted by atomic mass is 10.1. The molecule has 1 aliphatic heterocycles. The summed E-state index contributed by atoms with van der Waals surface area (Å²) in [5.74, 6) is -0.802. The lowest BCUT2D eigenvalue weighted by Gasteiger charge is -2.34. The van der Waals surface area contributed by atoms with Crippen molar-refractivity contribution in [2.45, 2.75) is 13.3 Å². The number of benzene rings is 1. The maximum absolute atomic E-state index is 12.3. The molecule has 1 saturated heterocycles. The van der Waals surface area contributed by atoms with Gasteiger partial charge in [0.15, 0.2) is 11.5 Å². The number of hydrogen-bond acceptors (Lipinski definition) is 4. The smallest absolute Gasteiger partial charge is 0.257 e. The molecule has 1 heterocycles. The van der Waals surface area contributed by atoms with Gasteiger partial charge in [0.05, 0.1) is 5.56 Å². The first-order valence-corrected chi connectivity index (χ1v) is 6.66. The fraction of sp³-hybridized carbons (Fsp3) is 0.500. The number of nitrogens with zero attached hydrogens (tertiary/aromatic N) is 2. The molecule has 0 aliphatic carbocycles. The molecule has 1 fully saturated rings. The van der Waals surface area contributed by atoms with E-state index in [1.165, 1.54) is 12.1 Å². The number of rotatable bonds is 3. The lowest BCUT2D eigenvalue weighted by molar-refractivity contribution is 0.0634. The van der Waals surface area contributed by atoms with E-state index in [4.69, 9.17) is 0 Å². The topological polar surface area (TPSA) is 64.0 Å². The van der Waals surface area contributed by atoms with Crippen molar-refractivity contribution >= 4 is 5.91 Å². The van der Waals surface area contributed by atoms with Gasteiger partial charge in [-0.2, -0.15) is 0 Å². The number of phenolic OH excluding ortho intramolecular Hbond substituents is 2. The summed E-state index contributed by atoms with van der Waals surface area (Å²) in [5, 5.41) is 19.2. The molecule has 0 unspecified atom stereocenters. The van der Waals surface area contributed by atoms with Gasteiger partial charge in [0.25, 0.3) is 5.91 Å². The van der Waals surface area contributed by atoms with Gasteiger partial charge in [0.2, 0.25) is 0 Å². The van der Waals surface area contributed by atoms with Crippen LogP contribution in [0.25, 0.3) is 0 Å². The second-order valence-electron chi connectivity index (χ2n) is 4.81. The van der Waals surface area contributed by atoms with E-state index in [2.05, 4.69) is 11.8 Å². The Bertz CT molecular complexity index is 454. The molecule has 0 aromatic heterocycles. The maximum Gasteiger partial charge on any atom is 0.257 e. The Kier molecular flexibility index (Phi) is 4.27. The third kappa shape index (κ3) is 2.98. The van der Waals surface area contributed by atoms with Crippen molar-refractivity contribution in [3.63, 3.8) is 0 Å². The van der Waals surface area contributed by atoms with Gasteiger partial charge in [0.1, 0.15) is 0 Å². The molecule has 0 bridgehead atoms. The zero-order chi connectivity index (χ0) is 13.8. The van der Waals surface area contributed by atoms with Gasteiger partial charge in [0, 0.05) is 26.2 Å². The summed E-state index contributed by atoms with van der Waals surface area (Å²) in [4.78, 5) is 16.3. The van der Waals surface area contributed by atoms with Crippen molar-refractivity contribution in [1.29, 1.82) is 0 Å². The number of para-hydroxylation sites is 1. The molecule has 1 aromatic rings. The minimum absolute atomic E-state index is 0.170. The Hall–Kier alpha value is -1.75. The first-order valence-electron chi connectivity index (χ1n) is 6.66. The normalized spacial score (nSPS) is 16.6. The Balaban J connectivity index is 2.03. The summed E-state index contributed by atoms with van der Waals surface area (Å²) >= 11 is 0. The molecule has 1 amide bonds. The highest BCUT2D eigenvalue weighted by Crippen LogP contribution is 2.29. The highest BCUT2D eigenvalue weighted by Gasteiger charge is 2.24. The van der Waals surface area contributed by atoms with Crippen LogP contribution in [0.2, 0.25) is 0 Å². The standard InChI is InChI=1S/C14H20N2O3/c1-2-6-15-7-9-16(10-8-15)14(19)11-4-3-5-12(17)13(11)18/h3-5,17-18H,2,6-10H2,1H3. The van der Waals surface area contributed by atoms with E-state index < -0.39 is 0 Å². The van der Waals surface area contributed by atoms with Gasteiger partial charge in [-0.1, -0.05) is 13.0 Å². The number of hydrogen-bond donors (Lipinski definition) is 2. The fourth-order valence-corrected chi connectivity index (χ4v) is 2.37. The minimum atomic E-state index is -0.330. The highest BCUT2D eigenvalue weighted by atomic mass is 16.3. The summed E-state index contributed by atoms with van der Waals surface area (Å²) in [6.07, 6.45) is 1.11. The predicted molar refractivity (Wildman–Crippen MR) is 72.4 cm³/mol. The molecule has 5 heteroatoms. The van der Waals surface area contributed by atoms with Crippen LogP contribution in [-0.4, -0.2) is 58.6 Å². The van der Waals surface area contributed by atoms with Gasteiger partial charge in [-0.15, -0.1) is 0 Å². The van der Waals surface area contributed by atoms with Gasteiger partial charge in [-0.25, -0.2) is 0 Å². The molecular weight excluding hydrogens is 244 g/mol. The van der Waals surface area contributed by atoms with Crippen molar-refractivity contribution < 1.29 is 15.0 Å². The van der Waals surface area contributed by atoms with Gasteiger partial charge in [-0.05, 0) is 25.1 Å². The summed E-state index contributed by atoms with van der Waals surface area (Å²) in [6.45, 7) is 6.24. The molecule has 0 atom stereocenters. The summed E-state index contributed by atoms with van der Waals surface area (Å²) in [5.41, 5.74) is 0.170. The van der Waals surface area contributed by atoms with E-state index in [1.54, 1.807) is 11.0 Å². The van der Waals surface area contributed by atoms with Crippen molar-refractivity contribution in [3.8, 4) is 11.5 Å². The quantitative estimate of drug-likeness (QED) is 0.807. The maximum atomic E-state index is 12.3. The Labute approximate surface area is 113 Å². The van der Waals surface area contributed by atoms with Crippen LogP contribution in [0.1, 0.15) is 23.7 Å². The van der Waals surface area contributed by atoms with E-state index >= 15 is 0 Å². The lowest BCUT2D eigenvalue weighted by Crippen LogP contribution is -2.48. The van der Waals surface area contributed by atoms with Crippen LogP contribution < -0.4 is 0 Å². The number of phenols is 2. The molecule has 19 heavy (non-hydrogen) atoms. The molecule has 5 nitrogen and oxygen atoms in total. The molecule has 1 aliphatic rings. The number of aromatic hydroxyl groups is 2. The van der Waals surface area contributed by atoms with Crippen molar-refractivity contribution in [2.24, 2.45) is 0 Å². The van der Waals surface area contributed by atoms with Crippen molar-refractivity contribution in [1.82, 2.24) is 9.80 Å². The third-order valence-electron chi connectivity index (χ3n) is 3.44. The Morgan fingerprint density at radius 3 is 2.53 bits per heavy atom. The molecule has 0 spiro atoms. The SMILES string of the molecule is CCCN1CCN(C(=O)c2cccc(O)c2O)CC1. The van der Waals surface area contributed by atoms with Crippen LogP contribution in [0, 0.1) is 0 Å². The minimum Gasteiger partial charge on any atom is -0.504 e. The first kappa shape index (κ1) is 13.7. The number of carbonyl (C=O) groups is 1. The second kappa shape index (κ2) is 5.93. The summed E-state index contributed by atoms with van der Waals surface area (Å²) in [6, 6.07) is 4.47. The molecule has 104 valence electrons. The first-order chi connectivity index (χ1) is 9.13. The van der Waals surface area contributed by atoms with Gasteiger partial charge >= 0.3 is 0 Å². The van der Waals surface area contributed by atoms with E-state index in [-0.39, 0.29) is 23.0 Å². The van der Waals surface area contributed by atoms with Crippen LogP contribution in [-0.2, 0) is 0 Å². The molecule has 2 N–H and O–H groups in total.